The molecule has 1 aromatic heterocycles. The van der Waals surface area contributed by atoms with E-state index < -0.39 is 0 Å². The van der Waals surface area contributed by atoms with Crippen LogP contribution in [0.5, 0.6) is 0 Å². The zero-order valence-electron chi connectivity index (χ0n) is 16.2. The fourth-order valence-electron chi connectivity index (χ4n) is 2.67. The van der Waals surface area contributed by atoms with E-state index in [1.54, 1.807) is 13.0 Å². The Morgan fingerprint density at radius 2 is 1.75 bits per heavy atom. The SMILES string of the molecule is Cc1nc(Nc2cccc(Cl)c2C)cc(C(=O)Nc2ccc(N(C)C)cc2)n1. The zero-order chi connectivity index (χ0) is 20.3. The summed E-state index contributed by atoms with van der Waals surface area (Å²) in [4.78, 5) is 23.3. The summed E-state index contributed by atoms with van der Waals surface area (Å²) in [6, 6.07) is 14.8. The van der Waals surface area contributed by atoms with Crippen molar-refractivity contribution in [1.82, 2.24) is 9.97 Å². The van der Waals surface area contributed by atoms with Crippen LogP contribution in [0.15, 0.2) is 48.5 Å². The molecule has 0 unspecified atom stereocenters. The van der Waals surface area contributed by atoms with Crippen LogP contribution in [-0.4, -0.2) is 30.0 Å². The Hall–Kier alpha value is -3.12. The van der Waals surface area contributed by atoms with E-state index in [1.165, 1.54) is 0 Å². The van der Waals surface area contributed by atoms with Crippen LogP contribution in [0.1, 0.15) is 21.9 Å². The number of nitrogens with zero attached hydrogens (tertiary/aromatic N) is 3. The maximum atomic E-state index is 12.7. The van der Waals surface area contributed by atoms with Crippen molar-refractivity contribution in [2.45, 2.75) is 13.8 Å². The number of carbonyl (C=O) groups is 1. The van der Waals surface area contributed by atoms with E-state index in [-0.39, 0.29) is 11.6 Å². The highest BCUT2D eigenvalue weighted by Gasteiger charge is 2.12. The van der Waals surface area contributed by atoms with Crippen molar-refractivity contribution < 1.29 is 4.79 Å². The Kier molecular flexibility index (Phi) is 5.80. The summed E-state index contributed by atoms with van der Waals surface area (Å²) in [5.74, 6) is 0.734. The van der Waals surface area contributed by atoms with E-state index in [4.69, 9.17) is 11.6 Å². The molecular formula is C21H22ClN5O. The number of benzene rings is 2. The lowest BCUT2D eigenvalue weighted by Crippen LogP contribution is -2.15. The summed E-state index contributed by atoms with van der Waals surface area (Å²) < 4.78 is 0. The van der Waals surface area contributed by atoms with Gasteiger partial charge in [0, 0.05) is 42.2 Å². The third-order valence-corrected chi connectivity index (χ3v) is 4.65. The minimum Gasteiger partial charge on any atom is -0.378 e. The van der Waals surface area contributed by atoms with Gasteiger partial charge in [0.25, 0.3) is 5.91 Å². The van der Waals surface area contributed by atoms with Crippen molar-refractivity contribution in [3.05, 3.63) is 70.6 Å². The fourth-order valence-corrected chi connectivity index (χ4v) is 2.84. The van der Waals surface area contributed by atoms with Crippen molar-refractivity contribution in [1.29, 1.82) is 0 Å². The molecule has 2 N–H and O–H groups in total. The molecule has 1 amide bonds. The largest absolute Gasteiger partial charge is 0.378 e. The van der Waals surface area contributed by atoms with Crippen LogP contribution >= 0.6 is 11.6 Å². The van der Waals surface area contributed by atoms with Crippen molar-refractivity contribution >= 4 is 40.4 Å². The van der Waals surface area contributed by atoms with Gasteiger partial charge in [0.2, 0.25) is 0 Å². The van der Waals surface area contributed by atoms with Crippen LogP contribution in [0.2, 0.25) is 5.02 Å². The number of rotatable bonds is 5. The van der Waals surface area contributed by atoms with Crippen LogP contribution in [-0.2, 0) is 0 Å². The summed E-state index contributed by atoms with van der Waals surface area (Å²) in [7, 11) is 3.93. The fraction of sp³-hybridized carbons (Fsp3) is 0.190. The molecule has 6 nitrogen and oxygen atoms in total. The molecule has 7 heteroatoms. The average molecular weight is 396 g/mol. The quantitative estimate of drug-likeness (QED) is 0.648. The zero-order valence-corrected chi connectivity index (χ0v) is 17.0. The molecule has 0 aliphatic rings. The molecule has 3 aromatic rings. The molecule has 0 aliphatic heterocycles. The van der Waals surface area contributed by atoms with Gasteiger partial charge in [-0.15, -0.1) is 0 Å². The van der Waals surface area contributed by atoms with Crippen molar-refractivity contribution in [3.63, 3.8) is 0 Å². The van der Waals surface area contributed by atoms with Crippen LogP contribution in [0.3, 0.4) is 0 Å². The van der Waals surface area contributed by atoms with E-state index in [9.17, 15) is 4.79 Å². The highest BCUT2D eigenvalue weighted by Crippen LogP contribution is 2.26. The van der Waals surface area contributed by atoms with E-state index in [0.29, 0.717) is 22.4 Å². The van der Waals surface area contributed by atoms with Gasteiger partial charge in [0.15, 0.2) is 0 Å². The highest BCUT2D eigenvalue weighted by atomic mass is 35.5. The lowest BCUT2D eigenvalue weighted by molar-refractivity contribution is 0.102. The first-order valence-electron chi connectivity index (χ1n) is 8.80. The summed E-state index contributed by atoms with van der Waals surface area (Å²) in [5.41, 5.74) is 3.78. The number of aryl methyl sites for hydroxylation is 1. The lowest BCUT2D eigenvalue weighted by atomic mass is 10.2. The molecule has 0 fully saturated rings. The van der Waals surface area contributed by atoms with Gasteiger partial charge < -0.3 is 15.5 Å². The van der Waals surface area contributed by atoms with Gasteiger partial charge in [0.05, 0.1) is 0 Å². The Labute approximate surface area is 169 Å². The summed E-state index contributed by atoms with van der Waals surface area (Å²) >= 11 is 6.17. The number of hydrogen-bond acceptors (Lipinski definition) is 5. The molecule has 3 rings (SSSR count). The molecule has 0 atom stereocenters. The number of aromatic nitrogens is 2. The number of nitrogens with one attached hydrogen (secondary N) is 2. The number of anilines is 4. The molecule has 0 saturated carbocycles. The van der Waals surface area contributed by atoms with Crippen molar-refractivity contribution in [2.24, 2.45) is 0 Å². The van der Waals surface area contributed by atoms with E-state index in [0.717, 1.165) is 16.9 Å². The molecule has 0 bridgehead atoms. The molecule has 0 spiro atoms. The summed E-state index contributed by atoms with van der Waals surface area (Å²) in [6.07, 6.45) is 0. The summed E-state index contributed by atoms with van der Waals surface area (Å²) in [6.45, 7) is 3.67. The van der Waals surface area contributed by atoms with Gasteiger partial charge in [-0.05, 0) is 55.8 Å². The molecule has 0 aliphatic carbocycles. The number of carbonyl (C=O) groups excluding carboxylic acids is 1. The maximum Gasteiger partial charge on any atom is 0.274 e. The van der Waals surface area contributed by atoms with Gasteiger partial charge in [-0.25, -0.2) is 9.97 Å². The van der Waals surface area contributed by atoms with E-state index in [1.807, 2.05) is 68.4 Å². The Morgan fingerprint density at radius 1 is 1.04 bits per heavy atom. The van der Waals surface area contributed by atoms with Crippen molar-refractivity contribution in [2.75, 3.05) is 29.6 Å². The van der Waals surface area contributed by atoms with Gasteiger partial charge >= 0.3 is 0 Å². The number of halogens is 1. The van der Waals surface area contributed by atoms with E-state index >= 15 is 0 Å². The second-order valence-electron chi connectivity index (χ2n) is 6.62. The van der Waals surface area contributed by atoms with Crippen LogP contribution in [0.25, 0.3) is 0 Å². The molecule has 28 heavy (non-hydrogen) atoms. The minimum atomic E-state index is -0.297. The molecule has 2 aromatic carbocycles. The normalized spacial score (nSPS) is 10.5. The van der Waals surface area contributed by atoms with Gasteiger partial charge in [-0.3, -0.25) is 4.79 Å². The average Bonchev–Trinajstić information content (AvgIpc) is 2.65. The van der Waals surface area contributed by atoms with Gasteiger partial charge in [0.1, 0.15) is 17.3 Å². The van der Waals surface area contributed by atoms with Crippen molar-refractivity contribution in [3.8, 4) is 0 Å². The van der Waals surface area contributed by atoms with Crippen LogP contribution < -0.4 is 15.5 Å². The van der Waals surface area contributed by atoms with E-state index in [2.05, 4.69) is 20.6 Å². The first-order valence-corrected chi connectivity index (χ1v) is 9.18. The first-order chi connectivity index (χ1) is 13.3. The maximum absolute atomic E-state index is 12.7. The van der Waals surface area contributed by atoms with Gasteiger partial charge in [-0.2, -0.15) is 0 Å². The highest BCUT2D eigenvalue weighted by molar-refractivity contribution is 6.31. The first kappa shape index (κ1) is 19.6. The molecule has 0 radical (unpaired) electrons. The monoisotopic (exact) mass is 395 g/mol. The minimum absolute atomic E-state index is 0.284. The predicted molar refractivity (Wildman–Crippen MR) is 115 cm³/mol. The number of amides is 1. The topological polar surface area (TPSA) is 70.2 Å². The molecule has 0 saturated heterocycles. The number of hydrogen-bond donors (Lipinski definition) is 2. The molecule has 144 valence electrons. The van der Waals surface area contributed by atoms with Crippen LogP contribution in [0, 0.1) is 13.8 Å². The Bertz CT molecular complexity index is 1000. The smallest absolute Gasteiger partial charge is 0.274 e. The van der Waals surface area contributed by atoms with Gasteiger partial charge in [-0.1, -0.05) is 17.7 Å². The lowest BCUT2D eigenvalue weighted by Gasteiger charge is -2.13. The van der Waals surface area contributed by atoms with Crippen LogP contribution in [0.4, 0.5) is 22.9 Å². The standard InChI is InChI=1S/C21H22ClN5O/c1-13-17(22)6-5-7-18(13)26-20-12-19(23-14(2)24-20)21(28)25-15-8-10-16(11-9-15)27(3)4/h5-12H,1-4H3,(H,25,28)(H,23,24,26). The Morgan fingerprint density at radius 3 is 2.43 bits per heavy atom. The molecular weight excluding hydrogens is 374 g/mol. The second-order valence-corrected chi connectivity index (χ2v) is 7.03. The molecule has 1 heterocycles. The second kappa shape index (κ2) is 8.27. The Balaban J connectivity index is 1.80. The predicted octanol–water partition coefficient (Wildman–Crippen LogP) is 4.81. The summed E-state index contributed by atoms with van der Waals surface area (Å²) in [5, 5.41) is 6.74. The third-order valence-electron chi connectivity index (χ3n) is 4.24. The third kappa shape index (κ3) is 4.58.